The first kappa shape index (κ1) is 17.1. The van der Waals surface area contributed by atoms with Gasteiger partial charge in [-0.3, -0.25) is 9.98 Å². The summed E-state index contributed by atoms with van der Waals surface area (Å²) in [5.74, 6) is 0.601. The van der Waals surface area contributed by atoms with E-state index in [1.165, 1.54) is 23.1 Å². The second kappa shape index (κ2) is 8.43. The molecule has 0 saturated heterocycles. The van der Waals surface area contributed by atoms with Crippen LogP contribution in [0.25, 0.3) is 0 Å². The number of thioether (sulfide) groups is 1. The van der Waals surface area contributed by atoms with Crippen molar-refractivity contribution < 1.29 is 0 Å². The van der Waals surface area contributed by atoms with Crippen molar-refractivity contribution in [2.75, 3.05) is 0 Å². The Hall–Kier alpha value is -1.21. The molecule has 0 amide bonds. The monoisotopic (exact) mass is 370 g/mol. The van der Waals surface area contributed by atoms with E-state index in [9.17, 15) is 0 Å². The van der Waals surface area contributed by atoms with Crippen molar-refractivity contribution in [1.82, 2.24) is 15.2 Å². The molecule has 2 aromatic heterocycles. The highest BCUT2D eigenvalue weighted by atomic mass is 35.5. The zero-order chi connectivity index (χ0) is 15.9. The van der Waals surface area contributed by atoms with Crippen LogP contribution in [0.4, 0.5) is 0 Å². The quantitative estimate of drug-likeness (QED) is 0.527. The summed E-state index contributed by atoms with van der Waals surface area (Å²) in [6.07, 6.45) is 8.35. The second-order valence-corrected chi connectivity index (χ2v) is 6.96. The molecule has 22 heavy (non-hydrogen) atoms. The number of pyridine rings is 1. The molecule has 0 fully saturated rings. The Balaban J connectivity index is 2.11. The fourth-order valence-corrected chi connectivity index (χ4v) is 3.98. The van der Waals surface area contributed by atoms with Gasteiger partial charge in [0.1, 0.15) is 5.71 Å². The minimum absolute atomic E-state index is 0.547. The van der Waals surface area contributed by atoms with Gasteiger partial charge in [-0.2, -0.15) is 0 Å². The third-order valence-electron chi connectivity index (χ3n) is 2.47. The average Bonchev–Trinajstić information content (AvgIpc) is 2.96. The van der Waals surface area contributed by atoms with E-state index in [4.69, 9.17) is 23.2 Å². The SMILES string of the molecule is C=CC(=N/C=C\C)c1nnc(SCc2c(Cl)cncc2Cl)s1. The molecule has 0 aliphatic rings. The summed E-state index contributed by atoms with van der Waals surface area (Å²) >= 11 is 15.2. The van der Waals surface area contributed by atoms with E-state index in [-0.39, 0.29) is 0 Å². The number of hydrogen-bond acceptors (Lipinski definition) is 6. The standard InChI is InChI=1S/C14H12Cl2N4S2/c1-3-5-18-12(4-2)13-19-20-14(22-13)21-8-9-10(15)6-17-7-11(9)16/h3-7H,2,8H2,1H3/b5-3-,18-12?. The fourth-order valence-electron chi connectivity index (χ4n) is 1.43. The van der Waals surface area contributed by atoms with E-state index in [1.807, 2.05) is 13.0 Å². The molecule has 0 saturated carbocycles. The lowest BCUT2D eigenvalue weighted by atomic mass is 10.3. The summed E-state index contributed by atoms with van der Waals surface area (Å²) in [6.45, 7) is 5.64. The maximum Gasteiger partial charge on any atom is 0.175 e. The molecule has 0 atom stereocenters. The maximum absolute atomic E-state index is 6.10. The van der Waals surface area contributed by atoms with Crippen LogP contribution in [-0.2, 0) is 5.75 Å². The van der Waals surface area contributed by atoms with Gasteiger partial charge in [0.25, 0.3) is 0 Å². The highest BCUT2D eigenvalue weighted by Gasteiger charge is 2.11. The van der Waals surface area contributed by atoms with Gasteiger partial charge in [0, 0.05) is 29.9 Å². The van der Waals surface area contributed by atoms with E-state index >= 15 is 0 Å². The number of aliphatic imine (C=N–C) groups is 1. The zero-order valence-corrected chi connectivity index (χ0v) is 14.8. The largest absolute Gasteiger partial charge is 0.262 e. The highest BCUT2D eigenvalue weighted by molar-refractivity contribution is 8.00. The first-order chi connectivity index (χ1) is 10.7. The van der Waals surface area contributed by atoms with Crippen LogP contribution >= 0.6 is 46.3 Å². The molecule has 0 aliphatic heterocycles. The van der Waals surface area contributed by atoms with Crippen LogP contribution in [0.3, 0.4) is 0 Å². The summed E-state index contributed by atoms with van der Waals surface area (Å²) in [5.41, 5.74) is 1.54. The van der Waals surface area contributed by atoms with Crippen LogP contribution in [0, 0.1) is 0 Å². The lowest BCUT2D eigenvalue weighted by molar-refractivity contribution is 1.00. The second-order valence-electron chi connectivity index (χ2n) is 3.94. The Morgan fingerprint density at radius 2 is 2.09 bits per heavy atom. The molecule has 114 valence electrons. The van der Waals surface area contributed by atoms with Crippen molar-refractivity contribution in [3.63, 3.8) is 0 Å². The van der Waals surface area contributed by atoms with E-state index in [1.54, 1.807) is 24.7 Å². The molecule has 2 rings (SSSR count). The van der Waals surface area contributed by atoms with E-state index in [2.05, 4.69) is 26.8 Å². The predicted octanol–water partition coefficient (Wildman–Crippen LogP) is 5.04. The lowest BCUT2D eigenvalue weighted by Gasteiger charge is -2.03. The summed E-state index contributed by atoms with van der Waals surface area (Å²) in [4.78, 5) is 8.19. The predicted molar refractivity (Wildman–Crippen MR) is 95.3 cm³/mol. The molecule has 0 unspecified atom stereocenters. The molecular weight excluding hydrogens is 359 g/mol. The molecule has 0 aromatic carbocycles. The van der Waals surface area contributed by atoms with Crippen molar-refractivity contribution in [3.05, 3.63) is 57.9 Å². The van der Waals surface area contributed by atoms with Gasteiger partial charge < -0.3 is 0 Å². The first-order valence-corrected chi connectivity index (χ1v) is 8.77. The minimum Gasteiger partial charge on any atom is -0.262 e. The summed E-state index contributed by atoms with van der Waals surface area (Å²) in [5, 5.41) is 10.1. The Morgan fingerprint density at radius 3 is 2.73 bits per heavy atom. The Kier molecular flexibility index (Phi) is 6.57. The summed E-state index contributed by atoms with van der Waals surface area (Å²) in [6, 6.07) is 0. The van der Waals surface area contributed by atoms with Crippen LogP contribution in [0.2, 0.25) is 10.0 Å². The number of aromatic nitrogens is 3. The Labute approximate surface area is 147 Å². The zero-order valence-electron chi connectivity index (χ0n) is 11.7. The number of hydrogen-bond donors (Lipinski definition) is 0. The maximum atomic E-state index is 6.10. The molecule has 2 aromatic rings. The number of halogens is 2. The van der Waals surface area contributed by atoms with Crippen LogP contribution in [0.15, 0.2) is 46.7 Å². The van der Waals surface area contributed by atoms with Gasteiger partial charge in [-0.05, 0) is 13.0 Å². The molecule has 4 nitrogen and oxygen atoms in total. The van der Waals surface area contributed by atoms with Crippen LogP contribution < -0.4 is 0 Å². The molecule has 8 heteroatoms. The number of allylic oxidation sites excluding steroid dienone is 2. The van der Waals surface area contributed by atoms with Gasteiger partial charge in [0.2, 0.25) is 0 Å². The number of nitrogens with zero attached hydrogens (tertiary/aromatic N) is 4. The third-order valence-corrected chi connectivity index (χ3v) is 5.23. The normalized spacial score (nSPS) is 12.0. The van der Waals surface area contributed by atoms with Crippen LogP contribution in [-0.4, -0.2) is 20.9 Å². The van der Waals surface area contributed by atoms with Crippen molar-refractivity contribution in [2.45, 2.75) is 17.0 Å². The average molecular weight is 371 g/mol. The Morgan fingerprint density at radius 1 is 1.36 bits per heavy atom. The molecular formula is C14H12Cl2N4S2. The van der Waals surface area contributed by atoms with Crippen molar-refractivity contribution >= 4 is 52.0 Å². The third kappa shape index (κ3) is 4.39. The van der Waals surface area contributed by atoms with Crippen LogP contribution in [0.5, 0.6) is 0 Å². The summed E-state index contributed by atoms with van der Waals surface area (Å²) < 4.78 is 0.814. The molecule has 2 heterocycles. The van der Waals surface area contributed by atoms with Crippen molar-refractivity contribution in [1.29, 1.82) is 0 Å². The van der Waals surface area contributed by atoms with Crippen molar-refractivity contribution in [2.24, 2.45) is 4.99 Å². The molecule has 0 aliphatic carbocycles. The molecule has 0 N–H and O–H groups in total. The van der Waals surface area contributed by atoms with E-state index in [0.29, 0.717) is 21.5 Å². The number of rotatable bonds is 6. The fraction of sp³-hybridized carbons (Fsp3) is 0.143. The van der Waals surface area contributed by atoms with Gasteiger partial charge >= 0.3 is 0 Å². The minimum atomic E-state index is 0.547. The van der Waals surface area contributed by atoms with Crippen molar-refractivity contribution in [3.8, 4) is 0 Å². The smallest absolute Gasteiger partial charge is 0.175 e. The van der Waals surface area contributed by atoms with E-state index in [0.717, 1.165) is 14.9 Å². The van der Waals surface area contributed by atoms with E-state index < -0.39 is 0 Å². The van der Waals surface area contributed by atoms with Gasteiger partial charge in [0.05, 0.1) is 10.0 Å². The van der Waals surface area contributed by atoms with Crippen LogP contribution in [0.1, 0.15) is 17.5 Å². The first-order valence-electron chi connectivity index (χ1n) is 6.21. The molecule has 0 spiro atoms. The molecule has 0 radical (unpaired) electrons. The topological polar surface area (TPSA) is 51.0 Å². The lowest BCUT2D eigenvalue weighted by Crippen LogP contribution is -1.93. The van der Waals surface area contributed by atoms with Gasteiger partial charge in [-0.15, -0.1) is 10.2 Å². The summed E-state index contributed by atoms with van der Waals surface area (Å²) in [7, 11) is 0. The van der Waals surface area contributed by atoms with Gasteiger partial charge in [-0.25, -0.2) is 0 Å². The highest BCUT2D eigenvalue weighted by Crippen LogP contribution is 2.32. The van der Waals surface area contributed by atoms with Gasteiger partial charge in [0.15, 0.2) is 9.35 Å². The van der Waals surface area contributed by atoms with Gasteiger partial charge in [-0.1, -0.05) is 59.0 Å². The molecule has 0 bridgehead atoms. The Bertz CT molecular complexity index is 705.